The fourth-order valence-corrected chi connectivity index (χ4v) is 3.31. The molecule has 1 aliphatic rings. The third-order valence-electron chi connectivity index (χ3n) is 4.72. The van der Waals surface area contributed by atoms with Crippen LogP contribution in [0.15, 0.2) is 29.3 Å². The average molecular weight is 375 g/mol. The van der Waals surface area contributed by atoms with Crippen molar-refractivity contribution in [3.8, 4) is 5.75 Å². The Bertz CT molecular complexity index is 598. The van der Waals surface area contributed by atoms with Gasteiger partial charge in [0.15, 0.2) is 5.96 Å². The van der Waals surface area contributed by atoms with Crippen LogP contribution in [0.1, 0.15) is 51.5 Å². The number of rotatable bonds is 9. The van der Waals surface area contributed by atoms with Crippen molar-refractivity contribution in [1.29, 1.82) is 0 Å². The number of nitrogens with zero attached hydrogens (tertiary/aromatic N) is 1. The Hall–Kier alpha value is -2.24. The molecule has 1 saturated carbocycles. The highest BCUT2D eigenvalue weighted by Crippen LogP contribution is 2.23. The standard InChI is InChI=1S/C21H34N4O2/c1-3-22-21(25-16-18-12-8-9-13-19(18)27-4-2)24-15-14-23-20(26)17-10-6-5-7-11-17/h8-9,12-13,17H,3-7,10-11,14-16H2,1-2H3,(H,23,26)(H2,22,24,25). The van der Waals surface area contributed by atoms with E-state index in [0.717, 1.165) is 36.7 Å². The van der Waals surface area contributed by atoms with Gasteiger partial charge in [0.25, 0.3) is 0 Å². The van der Waals surface area contributed by atoms with E-state index in [1.807, 2.05) is 38.1 Å². The molecule has 2 rings (SSSR count). The molecule has 0 heterocycles. The summed E-state index contributed by atoms with van der Waals surface area (Å²) in [6.07, 6.45) is 5.68. The minimum Gasteiger partial charge on any atom is -0.494 e. The minimum atomic E-state index is 0.198. The molecule has 1 aromatic carbocycles. The highest BCUT2D eigenvalue weighted by molar-refractivity contribution is 5.80. The largest absolute Gasteiger partial charge is 0.494 e. The number of para-hydroxylation sites is 1. The molecule has 27 heavy (non-hydrogen) atoms. The second-order valence-electron chi connectivity index (χ2n) is 6.79. The molecule has 0 bridgehead atoms. The second kappa shape index (κ2) is 12.2. The summed E-state index contributed by atoms with van der Waals surface area (Å²) in [5.74, 6) is 2.02. The second-order valence-corrected chi connectivity index (χ2v) is 6.79. The van der Waals surface area contributed by atoms with Gasteiger partial charge in [0.1, 0.15) is 5.75 Å². The number of guanidine groups is 1. The summed E-state index contributed by atoms with van der Waals surface area (Å²) in [5.41, 5.74) is 1.06. The lowest BCUT2D eigenvalue weighted by molar-refractivity contribution is -0.125. The zero-order valence-electron chi connectivity index (χ0n) is 16.7. The van der Waals surface area contributed by atoms with Crippen molar-refractivity contribution in [3.63, 3.8) is 0 Å². The highest BCUT2D eigenvalue weighted by atomic mass is 16.5. The van der Waals surface area contributed by atoms with Gasteiger partial charge in [-0.05, 0) is 32.8 Å². The summed E-state index contributed by atoms with van der Waals surface area (Å²) in [4.78, 5) is 16.8. The van der Waals surface area contributed by atoms with E-state index in [4.69, 9.17) is 4.74 Å². The van der Waals surface area contributed by atoms with Gasteiger partial charge in [0, 0.05) is 31.1 Å². The van der Waals surface area contributed by atoms with E-state index in [1.165, 1.54) is 19.3 Å². The smallest absolute Gasteiger partial charge is 0.223 e. The highest BCUT2D eigenvalue weighted by Gasteiger charge is 2.20. The first-order chi connectivity index (χ1) is 13.2. The summed E-state index contributed by atoms with van der Waals surface area (Å²) in [7, 11) is 0. The number of benzene rings is 1. The normalized spacial score (nSPS) is 15.3. The van der Waals surface area contributed by atoms with E-state index in [2.05, 4.69) is 20.9 Å². The van der Waals surface area contributed by atoms with E-state index in [9.17, 15) is 4.79 Å². The first kappa shape index (κ1) is 21.1. The summed E-state index contributed by atoms with van der Waals surface area (Å²) in [6.45, 7) is 7.24. The number of hydrogen-bond donors (Lipinski definition) is 3. The van der Waals surface area contributed by atoms with Crippen LogP contribution < -0.4 is 20.7 Å². The van der Waals surface area contributed by atoms with Crippen molar-refractivity contribution in [2.45, 2.75) is 52.5 Å². The summed E-state index contributed by atoms with van der Waals surface area (Å²) in [6, 6.07) is 7.96. The summed E-state index contributed by atoms with van der Waals surface area (Å²) < 4.78 is 5.65. The molecule has 3 N–H and O–H groups in total. The lowest BCUT2D eigenvalue weighted by atomic mass is 9.89. The fourth-order valence-electron chi connectivity index (χ4n) is 3.31. The summed E-state index contributed by atoms with van der Waals surface area (Å²) in [5, 5.41) is 9.57. The number of nitrogens with one attached hydrogen (secondary N) is 3. The van der Waals surface area contributed by atoms with Gasteiger partial charge in [-0.2, -0.15) is 0 Å². The van der Waals surface area contributed by atoms with Gasteiger partial charge >= 0.3 is 0 Å². The molecule has 0 atom stereocenters. The van der Waals surface area contributed by atoms with E-state index >= 15 is 0 Å². The number of aliphatic imine (C=N–C) groups is 1. The Morgan fingerprint density at radius 1 is 1.07 bits per heavy atom. The Balaban J connectivity index is 1.79. The van der Waals surface area contributed by atoms with Crippen LogP contribution in [0.25, 0.3) is 0 Å². The third kappa shape index (κ3) is 7.49. The molecule has 1 aromatic rings. The van der Waals surface area contributed by atoms with Gasteiger partial charge in [0.05, 0.1) is 13.2 Å². The maximum atomic E-state index is 12.2. The molecule has 150 valence electrons. The monoisotopic (exact) mass is 374 g/mol. The molecule has 1 amide bonds. The quantitative estimate of drug-likeness (QED) is 0.353. The first-order valence-corrected chi connectivity index (χ1v) is 10.2. The van der Waals surface area contributed by atoms with Crippen molar-refractivity contribution in [3.05, 3.63) is 29.8 Å². The number of amides is 1. The molecule has 0 aromatic heterocycles. The first-order valence-electron chi connectivity index (χ1n) is 10.2. The maximum absolute atomic E-state index is 12.2. The van der Waals surface area contributed by atoms with E-state index in [1.54, 1.807) is 0 Å². The molecular weight excluding hydrogens is 340 g/mol. The Morgan fingerprint density at radius 2 is 1.81 bits per heavy atom. The van der Waals surface area contributed by atoms with Gasteiger partial charge in [0.2, 0.25) is 5.91 Å². The molecular formula is C21H34N4O2. The van der Waals surface area contributed by atoms with Crippen LogP contribution in [-0.4, -0.2) is 38.1 Å². The predicted octanol–water partition coefficient (Wildman–Crippen LogP) is 2.84. The topological polar surface area (TPSA) is 74.8 Å². The van der Waals surface area contributed by atoms with Crippen molar-refractivity contribution >= 4 is 11.9 Å². The van der Waals surface area contributed by atoms with Crippen molar-refractivity contribution < 1.29 is 9.53 Å². The average Bonchev–Trinajstić information content (AvgIpc) is 2.71. The molecule has 0 saturated heterocycles. The predicted molar refractivity (Wildman–Crippen MR) is 110 cm³/mol. The fraction of sp³-hybridized carbons (Fsp3) is 0.619. The number of carbonyl (C=O) groups is 1. The minimum absolute atomic E-state index is 0.198. The van der Waals surface area contributed by atoms with Crippen LogP contribution in [0.2, 0.25) is 0 Å². The molecule has 0 aliphatic heterocycles. The lowest BCUT2D eigenvalue weighted by Crippen LogP contribution is -2.42. The van der Waals surface area contributed by atoms with Crippen LogP contribution in [0, 0.1) is 5.92 Å². The van der Waals surface area contributed by atoms with Crippen LogP contribution in [-0.2, 0) is 11.3 Å². The third-order valence-corrected chi connectivity index (χ3v) is 4.72. The molecule has 0 radical (unpaired) electrons. The van der Waals surface area contributed by atoms with Crippen LogP contribution in [0.4, 0.5) is 0 Å². The van der Waals surface area contributed by atoms with Gasteiger partial charge in [-0.25, -0.2) is 4.99 Å². The maximum Gasteiger partial charge on any atom is 0.223 e. The van der Waals surface area contributed by atoms with Crippen molar-refractivity contribution in [1.82, 2.24) is 16.0 Å². The molecule has 1 fully saturated rings. The Labute approximate surface area is 163 Å². The van der Waals surface area contributed by atoms with E-state index in [0.29, 0.717) is 26.2 Å². The zero-order valence-corrected chi connectivity index (χ0v) is 16.7. The Kier molecular flexibility index (Phi) is 9.52. The summed E-state index contributed by atoms with van der Waals surface area (Å²) >= 11 is 0. The van der Waals surface area contributed by atoms with Gasteiger partial charge in [-0.3, -0.25) is 4.79 Å². The van der Waals surface area contributed by atoms with E-state index < -0.39 is 0 Å². The molecule has 6 nitrogen and oxygen atoms in total. The van der Waals surface area contributed by atoms with Gasteiger partial charge < -0.3 is 20.7 Å². The van der Waals surface area contributed by atoms with Gasteiger partial charge in [-0.15, -0.1) is 0 Å². The van der Waals surface area contributed by atoms with Crippen LogP contribution >= 0.6 is 0 Å². The molecule has 6 heteroatoms. The van der Waals surface area contributed by atoms with Crippen molar-refractivity contribution in [2.75, 3.05) is 26.2 Å². The Morgan fingerprint density at radius 3 is 2.56 bits per heavy atom. The molecule has 0 spiro atoms. The lowest BCUT2D eigenvalue weighted by Gasteiger charge is -2.21. The van der Waals surface area contributed by atoms with Crippen molar-refractivity contribution in [2.24, 2.45) is 10.9 Å². The van der Waals surface area contributed by atoms with Crippen LogP contribution in [0.5, 0.6) is 5.75 Å². The van der Waals surface area contributed by atoms with E-state index in [-0.39, 0.29) is 11.8 Å². The molecule has 0 unspecified atom stereocenters. The van der Waals surface area contributed by atoms with Crippen LogP contribution in [0.3, 0.4) is 0 Å². The molecule has 1 aliphatic carbocycles. The number of hydrogen-bond acceptors (Lipinski definition) is 3. The number of carbonyl (C=O) groups excluding carboxylic acids is 1. The number of ether oxygens (including phenoxy) is 1. The SMILES string of the molecule is CCNC(=NCc1ccccc1OCC)NCCNC(=O)C1CCCCC1. The zero-order chi connectivity index (χ0) is 19.3. The van der Waals surface area contributed by atoms with Gasteiger partial charge in [-0.1, -0.05) is 37.5 Å².